The molecule has 4 aliphatic rings. The molecule has 0 amide bonds. The summed E-state index contributed by atoms with van der Waals surface area (Å²) < 4.78 is 19.0. The predicted octanol–water partition coefficient (Wildman–Crippen LogP) is 3.28. The fourth-order valence-electron chi connectivity index (χ4n) is 3.98. The lowest BCUT2D eigenvalue weighted by Gasteiger charge is -2.28. The van der Waals surface area contributed by atoms with Gasteiger partial charge >= 0.3 is 0 Å². The predicted molar refractivity (Wildman–Crippen MR) is 88.7 cm³/mol. The first-order chi connectivity index (χ1) is 11.5. The van der Waals surface area contributed by atoms with Crippen LogP contribution in [0.25, 0.3) is 11.6 Å². The van der Waals surface area contributed by atoms with Crippen molar-refractivity contribution in [3.8, 4) is 5.75 Å². The summed E-state index contributed by atoms with van der Waals surface area (Å²) in [4.78, 5) is 0. The molecule has 1 saturated heterocycles. The van der Waals surface area contributed by atoms with Crippen molar-refractivity contribution in [2.45, 2.75) is 38.1 Å². The number of fused-ring (bicyclic) bond motifs is 5. The maximum absolute atomic E-state index is 10.8. The van der Waals surface area contributed by atoms with Crippen LogP contribution in [0.4, 0.5) is 5.69 Å². The lowest BCUT2D eigenvalue weighted by molar-refractivity contribution is -0.711. The van der Waals surface area contributed by atoms with E-state index in [0.717, 1.165) is 40.3 Å². The molecule has 0 aromatic heterocycles. The van der Waals surface area contributed by atoms with Crippen LogP contribution in [0.15, 0.2) is 24.3 Å². The van der Waals surface area contributed by atoms with Crippen LogP contribution in [0.2, 0.25) is 0 Å². The highest BCUT2D eigenvalue weighted by Gasteiger charge is 2.48. The van der Waals surface area contributed by atoms with E-state index in [0.29, 0.717) is 19.6 Å². The van der Waals surface area contributed by atoms with E-state index in [-0.39, 0.29) is 5.60 Å². The molecule has 3 aliphatic heterocycles. The van der Waals surface area contributed by atoms with Crippen LogP contribution in [-0.2, 0) is 9.47 Å². The van der Waals surface area contributed by atoms with Gasteiger partial charge in [-0.2, -0.15) is 0 Å². The van der Waals surface area contributed by atoms with Crippen LogP contribution in [0.1, 0.15) is 37.8 Å². The van der Waals surface area contributed by atoms with E-state index in [1.165, 1.54) is 4.74 Å². The Bertz CT molecular complexity index is 841. The van der Waals surface area contributed by atoms with Crippen LogP contribution in [-0.4, -0.2) is 40.3 Å². The van der Waals surface area contributed by atoms with Crippen LogP contribution in [0, 0.1) is 0 Å². The van der Waals surface area contributed by atoms with Gasteiger partial charge in [0.15, 0.2) is 5.79 Å². The molecule has 3 heterocycles. The SMILES string of the molecule is CC1(C)C=Cc2c(ccc3c2[N+](O)=C2CCC4(C=C23)OCCO4)O1. The maximum Gasteiger partial charge on any atom is 0.276 e. The van der Waals surface area contributed by atoms with Crippen molar-refractivity contribution < 1.29 is 24.2 Å². The van der Waals surface area contributed by atoms with E-state index in [1.54, 1.807) is 0 Å². The second kappa shape index (κ2) is 4.49. The summed E-state index contributed by atoms with van der Waals surface area (Å²) in [5.41, 5.74) is 4.27. The van der Waals surface area contributed by atoms with E-state index in [2.05, 4.69) is 0 Å². The number of hydrogen-bond acceptors (Lipinski definition) is 4. The molecule has 1 N–H and O–H groups in total. The monoisotopic (exact) mass is 326 g/mol. The average molecular weight is 326 g/mol. The van der Waals surface area contributed by atoms with Crippen molar-refractivity contribution >= 4 is 23.0 Å². The molecule has 0 bridgehead atoms. The van der Waals surface area contributed by atoms with Crippen LogP contribution < -0.4 is 4.74 Å². The van der Waals surface area contributed by atoms with Crippen molar-refractivity contribution in [3.05, 3.63) is 35.4 Å². The number of ether oxygens (including phenoxy) is 3. The summed E-state index contributed by atoms with van der Waals surface area (Å²) in [6, 6.07) is 3.99. The van der Waals surface area contributed by atoms with Crippen molar-refractivity contribution in [3.63, 3.8) is 0 Å². The molecule has 0 unspecified atom stereocenters. The van der Waals surface area contributed by atoms with E-state index < -0.39 is 5.79 Å². The van der Waals surface area contributed by atoms with Crippen molar-refractivity contribution in [2.24, 2.45) is 0 Å². The number of benzene rings is 1. The third-order valence-electron chi connectivity index (χ3n) is 5.12. The van der Waals surface area contributed by atoms with Crippen molar-refractivity contribution in [2.75, 3.05) is 13.2 Å². The Balaban J connectivity index is 1.69. The van der Waals surface area contributed by atoms with Gasteiger partial charge < -0.3 is 14.2 Å². The maximum atomic E-state index is 10.8. The zero-order valence-electron chi connectivity index (χ0n) is 13.8. The highest BCUT2D eigenvalue weighted by molar-refractivity contribution is 6.26. The Morgan fingerprint density at radius 2 is 1.96 bits per heavy atom. The highest BCUT2D eigenvalue weighted by Crippen LogP contribution is 2.48. The van der Waals surface area contributed by atoms with Gasteiger partial charge in [-0.1, -0.05) is 0 Å². The van der Waals surface area contributed by atoms with Crippen LogP contribution >= 0.6 is 0 Å². The minimum atomic E-state index is -0.633. The van der Waals surface area contributed by atoms with E-state index in [1.807, 2.05) is 44.2 Å². The second-order valence-corrected chi connectivity index (χ2v) is 7.24. The van der Waals surface area contributed by atoms with Gasteiger partial charge in [0, 0.05) is 17.6 Å². The van der Waals surface area contributed by atoms with Crippen LogP contribution in [0.5, 0.6) is 5.75 Å². The van der Waals surface area contributed by atoms with Gasteiger partial charge in [0.1, 0.15) is 11.4 Å². The van der Waals surface area contributed by atoms with Gasteiger partial charge in [-0.25, -0.2) is 0 Å². The first-order valence-electron chi connectivity index (χ1n) is 8.40. The van der Waals surface area contributed by atoms with Crippen LogP contribution in [0.3, 0.4) is 0 Å². The van der Waals surface area contributed by atoms with E-state index >= 15 is 0 Å². The molecular weight excluding hydrogens is 306 g/mol. The minimum Gasteiger partial charge on any atom is -0.483 e. The molecule has 24 heavy (non-hydrogen) atoms. The molecule has 0 saturated carbocycles. The molecule has 1 spiro atoms. The summed E-state index contributed by atoms with van der Waals surface area (Å²) in [6.45, 7) is 5.27. The van der Waals surface area contributed by atoms with E-state index in [4.69, 9.17) is 14.2 Å². The fraction of sp³-hybridized carbons (Fsp3) is 0.421. The largest absolute Gasteiger partial charge is 0.483 e. The van der Waals surface area contributed by atoms with Crippen molar-refractivity contribution in [1.82, 2.24) is 0 Å². The molecule has 0 atom stereocenters. The third-order valence-corrected chi connectivity index (χ3v) is 5.12. The normalized spacial score (nSPS) is 25.2. The van der Waals surface area contributed by atoms with E-state index in [9.17, 15) is 5.21 Å². The fourth-order valence-corrected chi connectivity index (χ4v) is 3.98. The van der Waals surface area contributed by atoms with Gasteiger partial charge in [-0.05, 0) is 44.2 Å². The Morgan fingerprint density at radius 3 is 2.75 bits per heavy atom. The smallest absolute Gasteiger partial charge is 0.276 e. The molecule has 1 aromatic carbocycles. The third kappa shape index (κ3) is 1.85. The lowest BCUT2D eigenvalue weighted by Crippen LogP contribution is -2.33. The second-order valence-electron chi connectivity index (χ2n) is 7.24. The molecule has 124 valence electrons. The Labute approximate surface area is 140 Å². The topological polar surface area (TPSA) is 50.9 Å². The average Bonchev–Trinajstić information content (AvgIpc) is 3.10. The molecule has 1 aliphatic carbocycles. The Hall–Kier alpha value is -2.11. The number of nitrogens with zero attached hydrogens (tertiary/aromatic N) is 1. The molecule has 5 heteroatoms. The van der Waals surface area contributed by atoms with Crippen molar-refractivity contribution in [1.29, 1.82) is 0 Å². The summed E-state index contributed by atoms with van der Waals surface area (Å²) in [7, 11) is 0. The Kier molecular flexibility index (Phi) is 2.67. The molecule has 0 radical (unpaired) electrons. The van der Waals surface area contributed by atoms with Gasteiger partial charge in [0.25, 0.3) is 5.69 Å². The number of rotatable bonds is 0. The molecular formula is C19H20NO4+. The first kappa shape index (κ1) is 14.3. The summed E-state index contributed by atoms with van der Waals surface area (Å²) in [6.07, 6.45) is 7.52. The minimum absolute atomic E-state index is 0.338. The lowest BCUT2D eigenvalue weighted by atomic mass is 9.89. The highest BCUT2D eigenvalue weighted by atomic mass is 16.7. The standard InChI is InChI=1S/C19H20NO4/c1-18(2)7-5-13-16(24-18)4-3-12-14-11-19(22-9-10-23-19)8-6-15(14)20(21)17(12)13/h3-5,7,11,21H,6,8-10H2,1-2H3/q+1. The molecule has 5 nitrogen and oxygen atoms in total. The number of hydrogen-bond donors (Lipinski definition) is 1. The first-order valence-corrected chi connectivity index (χ1v) is 8.40. The zero-order valence-corrected chi connectivity index (χ0v) is 13.8. The summed E-state index contributed by atoms with van der Waals surface area (Å²) >= 11 is 0. The molecule has 1 fully saturated rings. The van der Waals surface area contributed by atoms with Gasteiger partial charge in [0.05, 0.1) is 29.9 Å². The van der Waals surface area contributed by atoms with Gasteiger partial charge in [-0.15, -0.1) is 0 Å². The summed E-state index contributed by atoms with van der Waals surface area (Å²) in [5.74, 6) is 0.161. The Morgan fingerprint density at radius 1 is 1.17 bits per heavy atom. The van der Waals surface area contributed by atoms with Gasteiger partial charge in [-0.3, -0.25) is 5.21 Å². The molecule has 1 aromatic rings. The quantitative estimate of drug-likeness (QED) is 0.587. The molecule has 5 rings (SSSR count). The van der Waals surface area contributed by atoms with Gasteiger partial charge in [0.2, 0.25) is 5.71 Å². The summed E-state index contributed by atoms with van der Waals surface area (Å²) in [5, 5.41) is 10.8. The zero-order chi connectivity index (χ0) is 16.5. The number of allylic oxidation sites excluding steroid dienone is 1.